The van der Waals surface area contributed by atoms with Crippen LogP contribution in [-0.4, -0.2) is 37.8 Å². The minimum Gasteiger partial charge on any atom is -0.382 e. The number of methoxy groups -OCH3 is 1. The fraction of sp³-hybridized carbons (Fsp3) is 0.500. The molecular weight excluding hydrogens is 182 g/mol. The third kappa shape index (κ3) is 3.32. The van der Waals surface area contributed by atoms with Crippen LogP contribution in [0.4, 0.5) is 0 Å². The molecule has 1 rings (SSSR count). The molecule has 1 aromatic rings. The van der Waals surface area contributed by atoms with E-state index in [0.717, 1.165) is 6.29 Å². The Morgan fingerprint density at radius 2 is 2.29 bits per heavy atom. The topological polar surface area (TPSA) is 40.5 Å². The number of hydrogen-bond donors (Lipinski definition) is 0. The van der Waals surface area contributed by atoms with Gasteiger partial charge < -0.3 is 14.0 Å². The molecular formula is C10H15NO3. The standard InChI is InChI=1S/C10H15NO3/c1-13-7-8-14-6-5-11-4-2-3-10(11)9-12/h2-4,9H,5-8H2,1H3. The maximum Gasteiger partial charge on any atom is 0.166 e. The van der Waals surface area contributed by atoms with Gasteiger partial charge in [-0.2, -0.15) is 0 Å². The molecule has 14 heavy (non-hydrogen) atoms. The van der Waals surface area contributed by atoms with Crippen molar-refractivity contribution >= 4 is 6.29 Å². The number of hydrogen-bond acceptors (Lipinski definition) is 3. The normalized spacial score (nSPS) is 10.4. The van der Waals surface area contributed by atoms with E-state index in [4.69, 9.17) is 9.47 Å². The summed E-state index contributed by atoms with van der Waals surface area (Å²) in [6, 6.07) is 3.63. The minimum absolute atomic E-state index is 0.591. The molecule has 0 amide bonds. The van der Waals surface area contributed by atoms with Crippen LogP contribution in [0.1, 0.15) is 10.5 Å². The van der Waals surface area contributed by atoms with Gasteiger partial charge in [0.25, 0.3) is 0 Å². The van der Waals surface area contributed by atoms with Gasteiger partial charge in [-0.1, -0.05) is 0 Å². The van der Waals surface area contributed by atoms with E-state index in [1.165, 1.54) is 0 Å². The van der Waals surface area contributed by atoms with Crippen LogP contribution in [0.2, 0.25) is 0 Å². The van der Waals surface area contributed by atoms with Crippen molar-refractivity contribution in [2.45, 2.75) is 6.54 Å². The van der Waals surface area contributed by atoms with E-state index in [1.54, 1.807) is 13.2 Å². The summed E-state index contributed by atoms with van der Waals surface area (Å²) >= 11 is 0. The van der Waals surface area contributed by atoms with Gasteiger partial charge in [0.05, 0.1) is 25.5 Å². The first-order chi connectivity index (χ1) is 6.88. The number of carbonyl (C=O) groups excluding carboxylic acids is 1. The molecule has 0 unspecified atom stereocenters. The molecule has 0 saturated heterocycles. The number of aldehydes is 1. The van der Waals surface area contributed by atoms with E-state index >= 15 is 0 Å². The van der Waals surface area contributed by atoms with Gasteiger partial charge in [0.2, 0.25) is 0 Å². The van der Waals surface area contributed by atoms with E-state index in [0.29, 0.717) is 32.1 Å². The van der Waals surface area contributed by atoms with E-state index in [-0.39, 0.29) is 0 Å². The molecule has 0 aliphatic rings. The fourth-order valence-electron chi connectivity index (χ4n) is 1.15. The summed E-state index contributed by atoms with van der Waals surface area (Å²) in [6.07, 6.45) is 2.71. The monoisotopic (exact) mass is 197 g/mol. The van der Waals surface area contributed by atoms with E-state index < -0.39 is 0 Å². The molecule has 0 aliphatic carbocycles. The van der Waals surface area contributed by atoms with Crippen molar-refractivity contribution in [1.29, 1.82) is 0 Å². The molecule has 4 nitrogen and oxygen atoms in total. The Hall–Kier alpha value is -1.13. The highest BCUT2D eigenvalue weighted by Crippen LogP contribution is 1.98. The van der Waals surface area contributed by atoms with Gasteiger partial charge in [-0.15, -0.1) is 0 Å². The van der Waals surface area contributed by atoms with Crippen molar-refractivity contribution in [1.82, 2.24) is 4.57 Å². The molecule has 0 saturated carbocycles. The maximum atomic E-state index is 10.5. The van der Waals surface area contributed by atoms with Crippen molar-refractivity contribution in [2.24, 2.45) is 0 Å². The van der Waals surface area contributed by atoms with Crippen molar-refractivity contribution < 1.29 is 14.3 Å². The van der Waals surface area contributed by atoms with Crippen molar-refractivity contribution in [3.05, 3.63) is 24.0 Å². The number of ether oxygens (including phenoxy) is 2. The number of carbonyl (C=O) groups is 1. The molecule has 78 valence electrons. The average molecular weight is 197 g/mol. The van der Waals surface area contributed by atoms with Gasteiger partial charge in [0.15, 0.2) is 6.29 Å². The van der Waals surface area contributed by atoms with Crippen LogP contribution < -0.4 is 0 Å². The Morgan fingerprint density at radius 3 is 3.00 bits per heavy atom. The van der Waals surface area contributed by atoms with Crippen LogP contribution >= 0.6 is 0 Å². The number of aromatic nitrogens is 1. The predicted octanol–water partition coefficient (Wildman–Crippen LogP) is 0.964. The van der Waals surface area contributed by atoms with Crippen molar-refractivity contribution in [2.75, 3.05) is 26.9 Å². The summed E-state index contributed by atoms with van der Waals surface area (Å²) in [4.78, 5) is 10.5. The highest BCUT2D eigenvalue weighted by molar-refractivity contribution is 5.72. The van der Waals surface area contributed by atoms with Crippen LogP contribution in [0.5, 0.6) is 0 Å². The summed E-state index contributed by atoms with van der Waals surface area (Å²) in [5.74, 6) is 0. The molecule has 1 heterocycles. The van der Waals surface area contributed by atoms with Gasteiger partial charge in [0.1, 0.15) is 0 Å². The first-order valence-electron chi connectivity index (χ1n) is 4.55. The van der Waals surface area contributed by atoms with Gasteiger partial charge in [-0.05, 0) is 12.1 Å². The van der Waals surface area contributed by atoms with Gasteiger partial charge in [0, 0.05) is 19.9 Å². The molecule has 0 atom stereocenters. The summed E-state index contributed by atoms with van der Waals surface area (Å²) < 4.78 is 12.0. The Balaban J connectivity index is 2.21. The SMILES string of the molecule is COCCOCCn1cccc1C=O. The second-order valence-corrected chi connectivity index (χ2v) is 2.85. The van der Waals surface area contributed by atoms with E-state index in [9.17, 15) is 4.79 Å². The smallest absolute Gasteiger partial charge is 0.166 e. The van der Waals surface area contributed by atoms with Crippen LogP contribution in [0.3, 0.4) is 0 Å². The summed E-state index contributed by atoms with van der Waals surface area (Å²) in [5.41, 5.74) is 0.681. The Kier molecular flexibility index (Phi) is 4.96. The predicted molar refractivity (Wildman–Crippen MR) is 52.5 cm³/mol. The molecule has 4 heteroatoms. The zero-order chi connectivity index (χ0) is 10.2. The van der Waals surface area contributed by atoms with Gasteiger partial charge in [-0.3, -0.25) is 4.79 Å². The second kappa shape index (κ2) is 6.34. The molecule has 0 bridgehead atoms. The molecule has 0 aromatic carbocycles. The third-order valence-electron chi connectivity index (χ3n) is 1.89. The molecule has 0 fully saturated rings. The lowest BCUT2D eigenvalue weighted by atomic mass is 10.5. The van der Waals surface area contributed by atoms with Crippen molar-refractivity contribution in [3.8, 4) is 0 Å². The Bertz CT molecular complexity index is 270. The van der Waals surface area contributed by atoms with Crippen LogP contribution in [0.25, 0.3) is 0 Å². The zero-order valence-electron chi connectivity index (χ0n) is 8.31. The lowest BCUT2D eigenvalue weighted by Gasteiger charge is -2.06. The molecule has 0 N–H and O–H groups in total. The van der Waals surface area contributed by atoms with Crippen molar-refractivity contribution in [3.63, 3.8) is 0 Å². The largest absolute Gasteiger partial charge is 0.382 e. The number of rotatable bonds is 7. The Labute approximate surface area is 83.4 Å². The van der Waals surface area contributed by atoms with Gasteiger partial charge in [-0.25, -0.2) is 0 Å². The molecule has 1 aromatic heterocycles. The van der Waals surface area contributed by atoms with E-state index in [2.05, 4.69) is 0 Å². The maximum absolute atomic E-state index is 10.5. The summed E-state index contributed by atoms with van der Waals surface area (Å²) in [5, 5.41) is 0. The number of nitrogens with zero attached hydrogens (tertiary/aromatic N) is 1. The third-order valence-corrected chi connectivity index (χ3v) is 1.89. The zero-order valence-corrected chi connectivity index (χ0v) is 8.31. The first kappa shape index (κ1) is 10.9. The lowest BCUT2D eigenvalue weighted by Crippen LogP contribution is -2.10. The minimum atomic E-state index is 0.591. The second-order valence-electron chi connectivity index (χ2n) is 2.85. The van der Waals surface area contributed by atoms with Crippen LogP contribution in [0, 0.1) is 0 Å². The summed E-state index contributed by atoms with van der Waals surface area (Å²) in [7, 11) is 1.64. The lowest BCUT2D eigenvalue weighted by molar-refractivity contribution is 0.0663. The Morgan fingerprint density at radius 1 is 1.43 bits per heavy atom. The van der Waals surface area contributed by atoms with Crippen LogP contribution in [0.15, 0.2) is 18.3 Å². The molecule has 0 aliphatic heterocycles. The van der Waals surface area contributed by atoms with Gasteiger partial charge >= 0.3 is 0 Å². The first-order valence-corrected chi connectivity index (χ1v) is 4.55. The fourth-order valence-corrected chi connectivity index (χ4v) is 1.15. The average Bonchev–Trinajstić information content (AvgIpc) is 2.65. The molecule has 0 radical (unpaired) electrons. The highest BCUT2D eigenvalue weighted by atomic mass is 16.5. The quantitative estimate of drug-likeness (QED) is 0.483. The highest BCUT2D eigenvalue weighted by Gasteiger charge is 1.97. The van der Waals surface area contributed by atoms with Crippen LogP contribution in [-0.2, 0) is 16.0 Å². The molecule has 0 spiro atoms. The van der Waals surface area contributed by atoms with E-state index in [1.807, 2.05) is 16.8 Å². The summed E-state index contributed by atoms with van der Waals surface area (Å²) in [6.45, 7) is 2.49.